The third-order valence-electron chi connectivity index (χ3n) is 4.63. The Labute approximate surface area is 209 Å². The standard InChI is InChI=1S/C22H17ClN4O6S2/c1-3-32-17-11-12(8-9-16(17)33-20(29)13-6-4-5-7-15(13)23)10-14-18(24)27-21(25-19(14)28)34-22(26-27)35(2,30)31/h4-11,24H,3H2,1-2H3/b14-10+,24-18?. The van der Waals surface area contributed by atoms with Crippen molar-refractivity contribution in [1.29, 1.82) is 5.41 Å². The zero-order chi connectivity index (χ0) is 25.3. The number of amides is 1. The van der Waals surface area contributed by atoms with Gasteiger partial charge in [-0.2, -0.15) is 10.0 Å². The molecular weight excluding hydrogens is 516 g/mol. The van der Waals surface area contributed by atoms with E-state index in [0.29, 0.717) is 17.3 Å². The molecule has 13 heteroatoms. The van der Waals surface area contributed by atoms with E-state index in [2.05, 4.69) is 10.1 Å². The maximum absolute atomic E-state index is 12.6. The Morgan fingerprint density at radius 1 is 1.23 bits per heavy atom. The van der Waals surface area contributed by atoms with Gasteiger partial charge in [-0.15, -0.1) is 5.10 Å². The Balaban J connectivity index is 1.64. The predicted molar refractivity (Wildman–Crippen MR) is 134 cm³/mol. The summed E-state index contributed by atoms with van der Waals surface area (Å²) < 4.78 is 34.4. The first-order valence-electron chi connectivity index (χ1n) is 10.0. The number of halogens is 1. The van der Waals surface area contributed by atoms with Crippen molar-refractivity contribution in [1.82, 2.24) is 5.01 Å². The molecule has 1 N–H and O–H groups in total. The Kier molecular flexibility index (Phi) is 6.79. The van der Waals surface area contributed by atoms with Crippen molar-refractivity contribution in [3.63, 3.8) is 0 Å². The van der Waals surface area contributed by atoms with Crippen LogP contribution in [0.15, 0.2) is 58.1 Å². The van der Waals surface area contributed by atoms with Gasteiger partial charge in [-0.1, -0.05) is 29.8 Å². The van der Waals surface area contributed by atoms with Crippen molar-refractivity contribution in [3.05, 3.63) is 64.2 Å². The summed E-state index contributed by atoms with van der Waals surface area (Å²) in [6, 6.07) is 11.1. The summed E-state index contributed by atoms with van der Waals surface area (Å²) in [5.41, 5.74) is 0.545. The predicted octanol–water partition coefficient (Wildman–Crippen LogP) is 3.58. The number of aliphatic imine (C=N–C) groups is 1. The van der Waals surface area contributed by atoms with E-state index in [9.17, 15) is 18.0 Å². The van der Waals surface area contributed by atoms with Crippen LogP contribution < -0.4 is 9.47 Å². The zero-order valence-electron chi connectivity index (χ0n) is 18.3. The number of carbonyl (C=O) groups excluding carboxylic acids is 2. The number of hydrogen-bond acceptors (Lipinski definition) is 9. The molecule has 2 aliphatic rings. The Hall–Kier alpha value is -3.48. The molecule has 0 spiro atoms. The number of carbonyl (C=O) groups is 2. The van der Waals surface area contributed by atoms with Crippen molar-refractivity contribution < 1.29 is 27.5 Å². The molecule has 4 rings (SSSR count). The van der Waals surface area contributed by atoms with Gasteiger partial charge in [0.05, 0.1) is 22.8 Å². The molecule has 10 nitrogen and oxygen atoms in total. The summed E-state index contributed by atoms with van der Waals surface area (Å²) in [6.45, 7) is 2.02. The lowest BCUT2D eigenvalue weighted by molar-refractivity contribution is -0.114. The molecule has 0 bridgehead atoms. The van der Waals surface area contributed by atoms with Crippen LogP contribution in [0.25, 0.3) is 6.08 Å². The summed E-state index contributed by atoms with van der Waals surface area (Å²) in [7, 11) is -3.63. The highest BCUT2D eigenvalue weighted by Gasteiger charge is 2.38. The monoisotopic (exact) mass is 532 g/mol. The molecule has 180 valence electrons. The number of esters is 1. The maximum atomic E-state index is 12.6. The van der Waals surface area contributed by atoms with Crippen LogP contribution in [-0.2, 0) is 14.6 Å². The molecule has 0 radical (unpaired) electrons. The quantitative estimate of drug-likeness (QED) is 0.350. The summed E-state index contributed by atoms with van der Waals surface area (Å²) >= 11 is 6.77. The van der Waals surface area contributed by atoms with Gasteiger partial charge in [0.25, 0.3) is 5.91 Å². The second-order valence-corrected chi connectivity index (χ2v) is 10.7. The van der Waals surface area contributed by atoms with Crippen molar-refractivity contribution >= 4 is 66.5 Å². The van der Waals surface area contributed by atoms with E-state index in [0.717, 1.165) is 11.3 Å². The molecule has 0 aromatic heterocycles. The van der Waals surface area contributed by atoms with Gasteiger partial charge >= 0.3 is 5.97 Å². The van der Waals surface area contributed by atoms with E-state index < -0.39 is 21.7 Å². The normalized spacial score (nSPS) is 16.7. The van der Waals surface area contributed by atoms with Crippen molar-refractivity contribution in [2.45, 2.75) is 6.92 Å². The number of amidine groups is 2. The van der Waals surface area contributed by atoms with Crippen molar-refractivity contribution in [3.8, 4) is 11.5 Å². The van der Waals surface area contributed by atoms with Gasteiger partial charge in [-0.05, 0) is 54.6 Å². The van der Waals surface area contributed by atoms with Crippen LogP contribution in [0.5, 0.6) is 11.5 Å². The van der Waals surface area contributed by atoms with Crippen LogP contribution in [0.1, 0.15) is 22.8 Å². The number of hydrazone groups is 1. The van der Waals surface area contributed by atoms with Gasteiger partial charge in [0.15, 0.2) is 17.3 Å². The summed E-state index contributed by atoms with van der Waals surface area (Å²) in [6.07, 6.45) is 2.38. The van der Waals surface area contributed by atoms with Gasteiger partial charge in [0.2, 0.25) is 19.4 Å². The lowest BCUT2D eigenvalue weighted by Crippen LogP contribution is -2.35. The van der Waals surface area contributed by atoms with E-state index in [1.165, 1.54) is 24.3 Å². The van der Waals surface area contributed by atoms with Crippen LogP contribution >= 0.6 is 23.4 Å². The van der Waals surface area contributed by atoms with Crippen LogP contribution in [0.4, 0.5) is 0 Å². The average molecular weight is 533 g/mol. The molecule has 0 fully saturated rings. The summed E-state index contributed by atoms with van der Waals surface area (Å²) in [5, 5.41) is 13.5. The molecule has 0 saturated carbocycles. The molecule has 2 aromatic carbocycles. The maximum Gasteiger partial charge on any atom is 0.345 e. The second kappa shape index (κ2) is 9.64. The molecule has 2 aromatic rings. The zero-order valence-corrected chi connectivity index (χ0v) is 20.7. The summed E-state index contributed by atoms with van der Waals surface area (Å²) in [5.74, 6) is -1.33. The fourth-order valence-electron chi connectivity index (χ4n) is 3.04. The molecule has 0 saturated heterocycles. The van der Waals surface area contributed by atoms with Gasteiger partial charge in [-0.3, -0.25) is 10.2 Å². The number of sulfone groups is 1. The highest BCUT2D eigenvalue weighted by Crippen LogP contribution is 2.33. The Bertz CT molecular complexity index is 1470. The summed E-state index contributed by atoms with van der Waals surface area (Å²) in [4.78, 5) is 29.0. The number of nitrogens with zero attached hydrogens (tertiary/aromatic N) is 3. The van der Waals surface area contributed by atoms with E-state index in [1.54, 1.807) is 31.2 Å². The Morgan fingerprint density at radius 2 is 1.97 bits per heavy atom. The van der Waals surface area contributed by atoms with Crippen molar-refractivity contribution in [2.24, 2.45) is 10.1 Å². The van der Waals surface area contributed by atoms with E-state index in [4.69, 9.17) is 26.5 Å². The van der Waals surface area contributed by atoms with Crippen LogP contribution in [0.3, 0.4) is 0 Å². The molecule has 35 heavy (non-hydrogen) atoms. The first-order valence-corrected chi connectivity index (χ1v) is 13.1. The first kappa shape index (κ1) is 24.6. The number of rotatable bonds is 5. The topological polar surface area (TPSA) is 139 Å². The largest absolute Gasteiger partial charge is 0.490 e. The number of nitrogens with one attached hydrogen (secondary N) is 1. The smallest absolute Gasteiger partial charge is 0.345 e. The molecule has 0 aliphatic carbocycles. The first-order chi connectivity index (χ1) is 16.6. The number of benzene rings is 2. The third-order valence-corrected chi connectivity index (χ3v) is 7.54. The van der Waals surface area contributed by atoms with E-state index >= 15 is 0 Å². The highest BCUT2D eigenvalue weighted by molar-refractivity contribution is 8.42. The number of hydrogen-bond donors (Lipinski definition) is 1. The van der Waals surface area contributed by atoms with Crippen LogP contribution in [-0.4, -0.2) is 53.5 Å². The van der Waals surface area contributed by atoms with Crippen LogP contribution in [0, 0.1) is 5.41 Å². The minimum absolute atomic E-state index is 0.00517. The minimum Gasteiger partial charge on any atom is -0.490 e. The van der Waals surface area contributed by atoms with Crippen LogP contribution in [0.2, 0.25) is 5.02 Å². The minimum atomic E-state index is -3.63. The Morgan fingerprint density at radius 3 is 2.66 bits per heavy atom. The number of ether oxygens (including phenoxy) is 2. The van der Waals surface area contributed by atoms with E-state index in [-0.39, 0.29) is 49.6 Å². The third kappa shape index (κ3) is 5.14. The second-order valence-electron chi connectivity index (χ2n) is 7.17. The van der Waals surface area contributed by atoms with Gasteiger partial charge < -0.3 is 9.47 Å². The number of thioether (sulfide) groups is 1. The fourth-order valence-corrected chi connectivity index (χ4v) is 4.94. The lowest BCUT2D eigenvalue weighted by atomic mass is 10.1. The number of fused-ring (bicyclic) bond motifs is 1. The molecule has 0 unspecified atom stereocenters. The van der Waals surface area contributed by atoms with Gasteiger partial charge in [0.1, 0.15) is 0 Å². The molecular formula is C22H17ClN4O6S2. The van der Waals surface area contributed by atoms with Crippen molar-refractivity contribution in [2.75, 3.05) is 12.9 Å². The molecule has 1 amide bonds. The molecule has 2 aliphatic heterocycles. The molecule has 2 heterocycles. The van der Waals surface area contributed by atoms with Gasteiger partial charge in [-0.25, -0.2) is 13.2 Å². The average Bonchev–Trinajstić information content (AvgIpc) is 3.23. The SMILES string of the molecule is CCOc1cc(/C=C2\C(=N)N3N=C(S(C)(=O)=O)SC3=NC2=O)ccc1OC(=O)c1ccccc1Cl. The van der Waals surface area contributed by atoms with E-state index in [1.807, 2.05) is 0 Å². The highest BCUT2D eigenvalue weighted by atomic mass is 35.5. The van der Waals surface area contributed by atoms with Gasteiger partial charge in [0, 0.05) is 6.26 Å². The lowest BCUT2D eigenvalue weighted by Gasteiger charge is -2.20. The molecule has 0 atom stereocenters. The fraction of sp³-hybridized carbons (Fsp3) is 0.136.